The summed E-state index contributed by atoms with van der Waals surface area (Å²) in [4.78, 5) is 15.1. The molecule has 118 valence electrons. The Morgan fingerprint density at radius 1 is 1.18 bits per heavy atom. The maximum absolute atomic E-state index is 12.7. The van der Waals surface area contributed by atoms with Crippen molar-refractivity contribution >= 4 is 5.57 Å². The van der Waals surface area contributed by atoms with Gasteiger partial charge in [0.25, 0.3) is 12.5 Å². The number of nitroso groups, excluding NO2 is 1. The Kier molecular flexibility index (Phi) is 2.94. The Hall–Kier alpha value is -2.20. The highest BCUT2D eigenvalue weighted by atomic mass is 19.4. The lowest BCUT2D eigenvalue weighted by atomic mass is 9.92. The number of alkyl halides is 6. The minimum Gasteiger partial charge on any atom is -0.203 e. The normalized spacial score (nSPS) is 21.9. The standard InChI is InChI=1S/C11H7F6N4O/c12-10(13,14)5-1-2-7-6(3-5)8-18-9(11(15,16)17)19-20(8)4-21(7)22/h1,3,7H,2,4H2/q+1. The Morgan fingerprint density at radius 2 is 1.86 bits per heavy atom. The van der Waals surface area contributed by atoms with Gasteiger partial charge in [-0.3, -0.25) is 0 Å². The fraction of sp³-hybridized carbons (Fsp3) is 0.455. The van der Waals surface area contributed by atoms with E-state index in [9.17, 15) is 31.2 Å². The summed E-state index contributed by atoms with van der Waals surface area (Å²) >= 11 is 0. The van der Waals surface area contributed by atoms with Crippen LogP contribution in [0.25, 0.3) is 5.57 Å². The lowest BCUT2D eigenvalue weighted by Gasteiger charge is -2.22. The molecule has 1 aliphatic carbocycles. The summed E-state index contributed by atoms with van der Waals surface area (Å²) in [5.41, 5.74) is -1.23. The second-order valence-corrected chi connectivity index (χ2v) is 4.82. The van der Waals surface area contributed by atoms with Crippen molar-refractivity contribution in [2.45, 2.75) is 31.5 Å². The van der Waals surface area contributed by atoms with E-state index in [-0.39, 0.29) is 17.8 Å². The molecule has 11 heteroatoms. The van der Waals surface area contributed by atoms with Crippen molar-refractivity contribution in [1.82, 2.24) is 14.8 Å². The molecule has 5 nitrogen and oxygen atoms in total. The first-order valence-corrected chi connectivity index (χ1v) is 6.02. The van der Waals surface area contributed by atoms with Crippen LogP contribution in [0.2, 0.25) is 0 Å². The number of halogens is 6. The molecule has 1 atom stereocenters. The van der Waals surface area contributed by atoms with Gasteiger partial charge in [-0.25, -0.2) is 4.98 Å². The largest absolute Gasteiger partial charge is 0.453 e. The van der Waals surface area contributed by atoms with Crippen LogP contribution in [0.4, 0.5) is 26.3 Å². The molecule has 1 unspecified atom stereocenters. The van der Waals surface area contributed by atoms with Crippen LogP contribution < -0.4 is 0 Å². The van der Waals surface area contributed by atoms with Gasteiger partial charge >= 0.3 is 12.4 Å². The van der Waals surface area contributed by atoms with E-state index in [1.807, 2.05) is 0 Å². The van der Waals surface area contributed by atoms with Gasteiger partial charge in [-0.15, -0.1) is 5.10 Å². The van der Waals surface area contributed by atoms with E-state index in [1.165, 1.54) is 0 Å². The van der Waals surface area contributed by atoms with Crippen molar-refractivity contribution in [2.24, 2.45) is 0 Å². The number of aromatic nitrogens is 3. The van der Waals surface area contributed by atoms with Crippen LogP contribution in [0.5, 0.6) is 0 Å². The third-order valence-electron chi connectivity index (χ3n) is 3.36. The van der Waals surface area contributed by atoms with Gasteiger partial charge in [0.05, 0.1) is 11.1 Å². The monoisotopic (exact) mass is 325 g/mol. The van der Waals surface area contributed by atoms with Crippen molar-refractivity contribution in [2.75, 3.05) is 0 Å². The predicted octanol–water partition coefficient (Wildman–Crippen LogP) is 2.69. The minimum absolute atomic E-state index is 0.209. The lowest BCUT2D eigenvalue weighted by Crippen LogP contribution is -2.36. The molecule has 0 radical (unpaired) electrons. The highest BCUT2D eigenvalue weighted by molar-refractivity contribution is 5.69. The van der Waals surface area contributed by atoms with Crippen molar-refractivity contribution in [1.29, 1.82) is 0 Å². The van der Waals surface area contributed by atoms with E-state index < -0.39 is 36.5 Å². The number of hydrogen-bond acceptors (Lipinski definition) is 3. The Labute approximate surface area is 118 Å². The van der Waals surface area contributed by atoms with Gasteiger partial charge in [0, 0.05) is 16.1 Å². The molecule has 1 aromatic rings. The van der Waals surface area contributed by atoms with Crippen LogP contribution in [0.3, 0.4) is 0 Å². The average Bonchev–Trinajstić information content (AvgIpc) is 2.81. The SMILES string of the molecule is O=[N+]1Cn2nc(C(F)(F)F)nc2C2=CC(C(F)(F)F)=CCC21. The number of rotatable bonds is 0. The van der Waals surface area contributed by atoms with Crippen LogP contribution in [0.1, 0.15) is 18.1 Å². The van der Waals surface area contributed by atoms with Crippen LogP contribution in [0, 0.1) is 4.91 Å². The van der Waals surface area contributed by atoms with Gasteiger partial charge in [-0.05, 0) is 6.08 Å². The van der Waals surface area contributed by atoms with E-state index in [0.717, 1.165) is 6.08 Å². The fourth-order valence-electron chi connectivity index (χ4n) is 2.38. The van der Waals surface area contributed by atoms with Gasteiger partial charge in [0.1, 0.15) is 0 Å². The van der Waals surface area contributed by atoms with Gasteiger partial charge in [-0.2, -0.15) is 31.0 Å². The topological polar surface area (TPSA) is 50.8 Å². The lowest BCUT2D eigenvalue weighted by molar-refractivity contribution is -0.606. The zero-order valence-corrected chi connectivity index (χ0v) is 10.6. The quantitative estimate of drug-likeness (QED) is 0.544. The number of hydrogen-bond donors (Lipinski definition) is 0. The van der Waals surface area contributed by atoms with Gasteiger partial charge in [0.2, 0.25) is 6.04 Å². The number of fused-ring (bicyclic) bond motifs is 3. The fourth-order valence-corrected chi connectivity index (χ4v) is 2.38. The summed E-state index contributed by atoms with van der Waals surface area (Å²) in [6.45, 7) is -0.518. The predicted molar refractivity (Wildman–Crippen MR) is 59.2 cm³/mol. The average molecular weight is 325 g/mol. The first-order valence-electron chi connectivity index (χ1n) is 6.02. The first kappa shape index (κ1) is 14.7. The third-order valence-corrected chi connectivity index (χ3v) is 3.36. The maximum atomic E-state index is 12.7. The van der Waals surface area contributed by atoms with Crippen molar-refractivity contribution in [3.63, 3.8) is 0 Å². The summed E-state index contributed by atoms with van der Waals surface area (Å²) in [5.74, 6) is -1.85. The maximum Gasteiger partial charge on any atom is 0.453 e. The molecule has 0 fully saturated rings. The molecule has 0 amide bonds. The first-order chi connectivity index (χ1) is 10.1. The third kappa shape index (κ3) is 2.29. The second-order valence-electron chi connectivity index (χ2n) is 4.82. The molecule has 2 heterocycles. The Balaban J connectivity index is 2.12. The van der Waals surface area contributed by atoms with E-state index >= 15 is 0 Å². The van der Waals surface area contributed by atoms with Crippen LogP contribution in [0.15, 0.2) is 17.7 Å². The Morgan fingerprint density at radius 3 is 2.45 bits per heavy atom. The molecule has 0 bridgehead atoms. The molecule has 0 spiro atoms. The molecule has 3 rings (SSSR count). The van der Waals surface area contributed by atoms with E-state index in [4.69, 9.17) is 0 Å². The van der Waals surface area contributed by atoms with Crippen molar-refractivity contribution < 1.29 is 31.1 Å². The highest BCUT2D eigenvalue weighted by Crippen LogP contribution is 2.38. The van der Waals surface area contributed by atoms with Crippen LogP contribution in [-0.2, 0) is 12.8 Å². The van der Waals surface area contributed by atoms with Gasteiger partial charge < -0.3 is 0 Å². The van der Waals surface area contributed by atoms with Gasteiger partial charge in [0.15, 0.2) is 5.82 Å². The van der Waals surface area contributed by atoms with Crippen LogP contribution in [-0.4, -0.2) is 31.7 Å². The molecule has 0 aromatic carbocycles. The van der Waals surface area contributed by atoms with Crippen LogP contribution >= 0.6 is 0 Å². The number of nitrogens with zero attached hydrogens (tertiary/aromatic N) is 4. The number of allylic oxidation sites excluding steroid dienone is 2. The summed E-state index contributed by atoms with van der Waals surface area (Å²) in [6.07, 6.45) is -8.25. The Bertz CT molecular complexity index is 711. The molecule has 0 N–H and O–H groups in total. The van der Waals surface area contributed by atoms with E-state index in [2.05, 4.69) is 10.1 Å². The minimum atomic E-state index is -4.84. The smallest absolute Gasteiger partial charge is 0.203 e. The summed E-state index contributed by atoms with van der Waals surface area (Å²) in [7, 11) is 0. The van der Waals surface area contributed by atoms with Crippen molar-refractivity contribution in [3.8, 4) is 0 Å². The molecular formula is C11H7F6N4O+. The molecular weight excluding hydrogens is 318 g/mol. The van der Waals surface area contributed by atoms with E-state index in [0.29, 0.717) is 15.5 Å². The summed E-state index contributed by atoms with van der Waals surface area (Å²) in [5, 5.41) is 3.15. The molecule has 0 saturated carbocycles. The zero-order valence-electron chi connectivity index (χ0n) is 10.6. The molecule has 1 aromatic heterocycles. The molecule has 22 heavy (non-hydrogen) atoms. The summed E-state index contributed by atoms with van der Waals surface area (Å²) in [6, 6.07) is -0.996. The molecule has 1 aliphatic heterocycles. The second kappa shape index (κ2) is 4.40. The highest BCUT2D eigenvalue weighted by Gasteiger charge is 2.46. The zero-order chi connectivity index (χ0) is 16.3. The molecule has 2 aliphatic rings. The van der Waals surface area contributed by atoms with E-state index in [1.54, 1.807) is 0 Å². The van der Waals surface area contributed by atoms with Crippen molar-refractivity contribution in [3.05, 3.63) is 34.3 Å². The van der Waals surface area contributed by atoms with Gasteiger partial charge in [-0.1, -0.05) is 6.08 Å². The summed E-state index contributed by atoms with van der Waals surface area (Å²) < 4.78 is 77.1. The molecule has 0 saturated heterocycles.